The van der Waals surface area contributed by atoms with E-state index in [1.807, 2.05) is 0 Å². The first-order valence-corrected chi connectivity index (χ1v) is 31.6. The van der Waals surface area contributed by atoms with E-state index in [0.717, 1.165) is 11.4 Å². The average molecular weight is 1120 g/mol. The summed E-state index contributed by atoms with van der Waals surface area (Å²) < 4.78 is 5.19. The summed E-state index contributed by atoms with van der Waals surface area (Å²) in [6.07, 6.45) is 0. The molecule has 414 valence electrons. The molecule has 0 spiro atoms. The summed E-state index contributed by atoms with van der Waals surface area (Å²) in [5.74, 6) is 0. The lowest BCUT2D eigenvalue weighted by molar-refractivity contribution is 0.590. The van der Waals surface area contributed by atoms with Crippen LogP contribution in [0.4, 0.5) is 34.1 Å². The monoisotopic (exact) mass is 1120 g/mol. The highest BCUT2D eigenvalue weighted by Crippen LogP contribution is 2.52. The molecule has 14 heteroatoms. The van der Waals surface area contributed by atoms with Gasteiger partial charge >= 0.3 is 0 Å². The quantitative estimate of drug-likeness (QED) is 0.217. The number of nitrogens with zero attached hydrogens (tertiary/aromatic N) is 4. The fraction of sp³-hybridized carbons (Fsp3) is 0.108. The second-order valence-corrected chi connectivity index (χ2v) is 27.6. The third kappa shape index (κ3) is 7.98. The minimum atomic E-state index is 0.0462. The molecule has 0 aliphatic rings. The fourth-order valence-electron chi connectivity index (χ4n) is 15.3. The number of hydrogen-bond donors (Lipinski definition) is 0. The van der Waals surface area contributed by atoms with Crippen molar-refractivity contribution in [3.05, 3.63) is 193 Å². The van der Waals surface area contributed by atoms with Crippen molar-refractivity contribution in [3.63, 3.8) is 0 Å². The zero-order valence-electron chi connectivity index (χ0n) is 54.1. The van der Waals surface area contributed by atoms with Gasteiger partial charge in [0.2, 0.25) is 0 Å². The van der Waals surface area contributed by atoms with Crippen molar-refractivity contribution in [3.8, 4) is 22.3 Å². The van der Waals surface area contributed by atoms with Crippen LogP contribution in [0.1, 0.15) is 52.7 Å². The molecule has 11 aromatic carbocycles. The highest BCUT2D eigenvalue weighted by Gasteiger charge is 2.32. The first-order chi connectivity index (χ1) is 42.1. The number of aromatic nitrogens is 2. The molecule has 0 unspecified atom stereocenters. The summed E-state index contributed by atoms with van der Waals surface area (Å²) in [6.45, 7) is 13.8. The summed E-state index contributed by atoms with van der Waals surface area (Å²) in [5, 5.41) is 10.0. The van der Waals surface area contributed by atoms with Crippen LogP contribution in [0.5, 0.6) is 0 Å². The number of anilines is 6. The largest absolute Gasteiger partial charge is 0.310 e. The summed E-state index contributed by atoms with van der Waals surface area (Å²) >= 11 is 0. The molecule has 4 aromatic heterocycles. The lowest BCUT2D eigenvalue weighted by atomic mass is 9.61. The van der Waals surface area contributed by atoms with Gasteiger partial charge < -0.3 is 18.6 Å². The molecule has 0 radical (unpaired) electrons. The van der Waals surface area contributed by atoms with Gasteiger partial charge in [-0.05, 0) is 81.6 Å². The minimum absolute atomic E-state index is 0.0462. The Morgan fingerprint density at radius 2 is 0.602 bits per heavy atom. The van der Waals surface area contributed by atoms with Crippen LogP contribution in [0, 0.1) is 0 Å². The van der Waals surface area contributed by atoms with Gasteiger partial charge in [-0.15, -0.1) is 10.9 Å². The average Bonchev–Trinajstić information content (AvgIpc) is 1.52. The number of fused-ring (bicyclic) bond motifs is 12. The van der Waals surface area contributed by atoms with E-state index in [4.69, 9.17) is 0 Å². The van der Waals surface area contributed by atoms with E-state index in [1.54, 1.807) is 0 Å². The summed E-state index contributed by atoms with van der Waals surface area (Å²) in [4.78, 5) is 5.25. The van der Waals surface area contributed by atoms with E-state index in [1.165, 1.54) is 187 Å². The lowest BCUT2D eigenvalue weighted by Crippen LogP contribution is -2.56. The Bertz CT molecular complexity index is 5030. The van der Waals surface area contributed by atoms with Crippen molar-refractivity contribution in [1.82, 2.24) is 8.80 Å². The van der Waals surface area contributed by atoms with Crippen molar-refractivity contribution >= 4 is 243 Å². The van der Waals surface area contributed by atoms with Gasteiger partial charge in [0.1, 0.15) is 78.5 Å². The van der Waals surface area contributed by atoms with Crippen LogP contribution < -0.4 is 64.4 Å². The van der Waals surface area contributed by atoms with Gasteiger partial charge in [0.25, 0.3) is 0 Å². The van der Waals surface area contributed by atoms with Crippen LogP contribution in [0.25, 0.3) is 98.4 Å². The van der Waals surface area contributed by atoms with Gasteiger partial charge in [-0.1, -0.05) is 219 Å². The molecule has 88 heavy (non-hydrogen) atoms. The Morgan fingerprint density at radius 1 is 0.284 bits per heavy atom. The zero-order chi connectivity index (χ0) is 61.3. The highest BCUT2D eigenvalue weighted by molar-refractivity contribution is 6.70. The summed E-state index contributed by atoms with van der Waals surface area (Å²) in [5.41, 5.74) is 35.3. The van der Waals surface area contributed by atoms with Crippen molar-refractivity contribution in [2.45, 2.75) is 52.4 Å². The maximum atomic E-state index is 2.62. The Hall–Kier alpha value is -8.73. The third-order valence-electron chi connectivity index (χ3n) is 21.0. The topological polar surface area (TPSA) is 15.3 Å². The Balaban J connectivity index is 1.01. The van der Waals surface area contributed by atoms with Gasteiger partial charge in [-0.25, -0.2) is 0 Å². The molecule has 0 saturated heterocycles. The molecule has 0 fully saturated rings. The van der Waals surface area contributed by atoms with E-state index in [-0.39, 0.29) is 10.8 Å². The van der Waals surface area contributed by atoms with Gasteiger partial charge in [-0.2, -0.15) is 0 Å². The van der Waals surface area contributed by atoms with Gasteiger partial charge in [0.05, 0.1) is 55.8 Å². The first kappa shape index (κ1) is 55.8. The minimum Gasteiger partial charge on any atom is -0.310 e. The molecule has 15 aromatic rings. The number of benzene rings is 11. The van der Waals surface area contributed by atoms with Crippen molar-refractivity contribution in [1.29, 1.82) is 0 Å². The van der Waals surface area contributed by atoms with Crippen LogP contribution in [-0.2, 0) is 10.8 Å². The van der Waals surface area contributed by atoms with E-state index >= 15 is 0 Å². The SMILES string of the molecule is Bc1c(B)c(B)c(N(c2ccccc2-c2ccc(C(C)(C)C)cc2)c2ccc3c4cc5c(cc4n4c6ccccc6c2c34)c2ccc(N(c3ccccc3-c3ccc(C(C)(C)C)cc3)c3c(B)c(B)c(B)c(B)c3B)c3c4ccccc4n5c23)c(B)c1B. The molecular formula is C74H68B10N4. The predicted molar refractivity (Wildman–Crippen MR) is 415 cm³/mol. The zero-order valence-corrected chi connectivity index (χ0v) is 54.1. The van der Waals surface area contributed by atoms with Gasteiger partial charge in [-0.3, -0.25) is 0 Å². The molecule has 0 bridgehead atoms. The maximum Gasteiger partial charge on any atom is 0.141 e. The number of para-hydroxylation sites is 4. The van der Waals surface area contributed by atoms with Crippen LogP contribution in [0.15, 0.2) is 182 Å². The van der Waals surface area contributed by atoms with Crippen molar-refractivity contribution in [2.75, 3.05) is 9.80 Å². The van der Waals surface area contributed by atoms with Crippen molar-refractivity contribution in [2.24, 2.45) is 0 Å². The molecule has 0 atom stereocenters. The van der Waals surface area contributed by atoms with Crippen molar-refractivity contribution < 1.29 is 0 Å². The van der Waals surface area contributed by atoms with Crippen LogP contribution >= 0.6 is 0 Å². The predicted octanol–water partition coefficient (Wildman–Crippen LogP) is 3.44. The number of hydrogen-bond acceptors (Lipinski definition) is 2. The molecule has 0 N–H and O–H groups in total. The first-order valence-electron chi connectivity index (χ1n) is 31.6. The van der Waals surface area contributed by atoms with E-state index < -0.39 is 0 Å². The van der Waals surface area contributed by atoms with Crippen LogP contribution in [-0.4, -0.2) is 87.3 Å². The fourth-order valence-corrected chi connectivity index (χ4v) is 15.3. The summed E-state index contributed by atoms with van der Waals surface area (Å²) in [6, 6.07) is 69.8. The van der Waals surface area contributed by atoms with E-state index in [9.17, 15) is 0 Å². The molecule has 0 saturated carbocycles. The third-order valence-corrected chi connectivity index (χ3v) is 21.0. The lowest BCUT2D eigenvalue weighted by Gasteiger charge is -2.34. The second-order valence-electron chi connectivity index (χ2n) is 27.6. The Labute approximate surface area is 526 Å². The van der Waals surface area contributed by atoms with Crippen LogP contribution in [0.3, 0.4) is 0 Å². The molecule has 4 heterocycles. The van der Waals surface area contributed by atoms with Gasteiger partial charge in [0.15, 0.2) is 0 Å². The summed E-state index contributed by atoms with van der Waals surface area (Å²) in [7, 11) is 23.1. The Morgan fingerprint density at radius 3 is 0.955 bits per heavy atom. The molecule has 0 aliphatic carbocycles. The molecular weight excluding hydrogens is 1050 g/mol. The van der Waals surface area contributed by atoms with Crippen LogP contribution in [0.2, 0.25) is 0 Å². The highest BCUT2D eigenvalue weighted by atomic mass is 15.2. The van der Waals surface area contributed by atoms with E-state index in [0.29, 0.717) is 0 Å². The molecule has 4 nitrogen and oxygen atoms in total. The molecule has 0 aliphatic heterocycles. The van der Waals surface area contributed by atoms with E-state index in [2.05, 4.69) is 321 Å². The van der Waals surface area contributed by atoms with Gasteiger partial charge in [0, 0.05) is 65.6 Å². The molecule has 0 amide bonds. The Kier molecular flexibility index (Phi) is 12.6. The number of rotatable bonds is 8. The molecule has 15 rings (SSSR count). The normalized spacial score (nSPS) is 12.4. The smallest absolute Gasteiger partial charge is 0.141 e. The standard InChI is InChI=1S/C74H68B10N4/c1-73(2,3)39-27-23-37(24-28-39)41-15-7-11-19-49(41)85(71-65(81)61(77)59(75)62(78)66(71)82)53-33-31-43-47-35-56-48(36-55(47)87-51-21-13-9-17-45(51)57(53)69(43)87)44-32-34-54(58-46-18-10-14-22-52(46)88(56)70(44)58)86(72-67(83)63(79)60(76)64(80)68(72)84)50-20-12-8-16-42(50)38-25-29-40(30-26-38)74(4,5)6/h7-36H,75-84H2,1-6H3. The second kappa shape index (κ2) is 19.9. The maximum absolute atomic E-state index is 2.62.